The van der Waals surface area contributed by atoms with Crippen LogP contribution < -0.4 is 4.90 Å². The number of hydrogen-bond donors (Lipinski definition) is 2. The Morgan fingerprint density at radius 3 is 1.83 bits per heavy atom. The number of nitrogens with zero attached hydrogens (tertiary/aromatic N) is 3. The van der Waals surface area contributed by atoms with Crippen LogP contribution in [0.5, 0.6) is 0 Å². The molecule has 2 heterocycles. The molecule has 0 aliphatic heterocycles. The van der Waals surface area contributed by atoms with E-state index in [1.165, 1.54) is 12.0 Å². The van der Waals surface area contributed by atoms with Crippen molar-refractivity contribution >= 4 is 40.1 Å². The molecule has 0 spiro atoms. The van der Waals surface area contributed by atoms with Gasteiger partial charge in [0, 0.05) is 0 Å². The number of para-hydroxylation sites is 4. The minimum Gasteiger partial charge on any atom is -0.452 e. The Kier molecular flexibility index (Phi) is 2.97. The van der Waals surface area contributed by atoms with E-state index in [0.717, 1.165) is 22.1 Å². The molecule has 4 rings (SSSR count). The molecule has 0 fully saturated rings. The molecule has 0 saturated heterocycles. The zero-order chi connectivity index (χ0) is 15.8. The number of aromatic nitrogens is 4. The average Bonchev–Trinajstić information content (AvgIpc) is 3.18. The molecule has 0 atom stereocenters. The van der Waals surface area contributed by atoms with Crippen LogP contribution in [0.1, 0.15) is 0 Å². The van der Waals surface area contributed by atoms with Gasteiger partial charge < -0.3 is 14.7 Å². The highest BCUT2D eigenvalue weighted by Gasteiger charge is 2.25. The van der Waals surface area contributed by atoms with Gasteiger partial charge in [0.2, 0.25) is 11.9 Å². The van der Waals surface area contributed by atoms with Crippen LogP contribution in [0.3, 0.4) is 0 Å². The summed E-state index contributed by atoms with van der Waals surface area (Å²) in [5.74, 6) is 0.689. The van der Waals surface area contributed by atoms with E-state index in [9.17, 15) is 4.79 Å². The fraction of sp³-hybridized carbons (Fsp3) is 0.0625. The Labute approximate surface area is 130 Å². The van der Waals surface area contributed by atoms with E-state index in [0.29, 0.717) is 11.9 Å². The van der Waals surface area contributed by atoms with Crippen molar-refractivity contribution in [1.82, 2.24) is 19.9 Å². The van der Waals surface area contributed by atoms with E-state index in [-0.39, 0.29) is 0 Å². The monoisotopic (exact) mass is 307 g/mol. The number of benzene rings is 2. The van der Waals surface area contributed by atoms with Crippen LogP contribution in [-0.4, -0.2) is 33.1 Å². The summed E-state index contributed by atoms with van der Waals surface area (Å²) in [5, 5.41) is 0. The first-order chi connectivity index (χ1) is 11.3. The number of imidazole rings is 2. The Balaban J connectivity index is 1.88. The first-order valence-corrected chi connectivity index (χ1v) is 7.04. The summed E-state index contributed by atoms with van der Waals surface area (Å²) in [4.78, 5) is 28.6. The summed E-state index contributed by atoms with van der Waals surface area (Å²) in [6.07, 6.45) is -0.580. The van der Waals surface area contributed by atoms with E-state index in [1.807, 2.05) is 48.5 Å². The number of aromatic amines is 2. The molecule has 0 aliphatic rings. The van der Waals surface area contributed by atoms with Crippen molar-refractivity contribution in [2.75, 3.05) is 12.0 Å². The summed E-state index contributed by atoms with van der Waals surface area (Å²) < 4.78 is 4.88. The van der Waals surface area contributed by atoms with Gasteiger partial charge in [-0.05, 0) is 24.3 Å². The predicted octanol–water partition coefficient (Wildman–Crippen LogP) is 3.34. The second-order valence-corrected chi connectivity index (χ2v) is 4.96. The fourth-order valence-electron chi connectivity index (χ4n) is 2.46. The van der Waals surface area contributed by atoms with E-state index in [4.69, 9.17) is 4.74 Å². The van der Waals surface area contributed by atoms with Crippen LogP contribution in [0, 0.1) is 0 Å². The number of anilines is 2. The average molecular weight is 307 g/mol. The zero-order valence-corrected chi connectivity index (χ0v) is 12.3. The molecule has 4 aromatic rings. The SMILES string of the molecule is COC(=O)N(c1nc2ccccc2[nH]1)c1nc2ccccc2[nH]1. The molecule has 1 amide bonds. The Hall–Kier alpha value is -3.35. The molecule has 0 unspecified atom stereocenters. The van der Waals surface area contributed by atoms with Gasteiger partial charge in [-0.1, -0.05) is 24.3 Å². The van der Waals surface area contributed by atoms with Crippen molar-refractivity contribution in [3.63, 3.8) is 0 Å². The summed E-state index contributed by atoms with van der Waals surface area (Å²) in [6.45, 7) is 0. The summed E-state index contributed by atoms with van der Waals surface area (Å²) in [6, 6.07) is 15.1. The van der Waals surface area contributed by atoms with Gasteiger partial charge in [0.1, 0.15) is 0 Å². The molecule has 23 heavy (non-hydrogen) atoms. The molecule has 0 bridgehead atoms. The van der Waals surface area contributed by atoms with Gasteiger partial charge in [-0.15, -0.1) is 0 Å². The standard InChI is InChI=1S/C16H13N5O2/c1-23-16(22)21(14-17-10-6-2-3-7-11(10)18-14)15-19-12-8-4-5-9-13(12)20-15/h2-9H,1H3,(H,17,18)(H,19,20). The van der Waals surface area contributed by atoms with Gasteiger partial charge in [0.05, 0.1) is 29.2 Å². The first kappa shape index (κ1) is 13.3. The van der Waals surface area contributed by atoms with Gasteiger partial charge >= 0.3 is 6.09 Å². The minimum atomic E-state index is -0.580. The number of hydrogen-bond acceptors (Lipinski definition) is 4. The number of H-pyrrole nitrogens is 2. The lowest BCUT2D eigenvalue weighted by Crippen LogP contribution is -2.27. The second kappa shape index (κ2) is 5.13. The predicted molar refractivity (Wildman–Crippen MR) is 86.7 cm³/mol. The van der Waals surface area contributed by atoms with Gasteiger partial charge in [-0.25, -0.2) is 14.8 Å². The normalized spacial score (nSPS) is 11.0. The molecule has 2 N–H and O–H groups in total. The second-order valence-electron chi connectivity index (χ2n) is 4.96. The molecule has 114 valence electrons. The summed E-state index contributed by atoms with van der Waals surface area (Å²) in [5.41, 5.74) is 3.17. The number of methoxy groups -OCH3 is 1. The smallest absolute Gasteiger partial charge is 0.423 e. The highest BCUT2D eigenvalue weighted by Crippen LogP contribution is 2.26. The Morgan fingerprint density at radius 2 is 1.39 bits per heavy atom. The Bertz CT molecular complexity index is 864. The van der Waals surface area contributed by atoms with Crippen molar-refractivity contribution in [3.05, 3.63) is 48.5 Å². The van der Waals surface area contributed by atoms with Gasteiger partial charge in [-0.2, -0.15) is 4.90 Å². The van der Waals surface area contributed by atoms with Gasteiger partial charge in [0.15, 0.2) is 0 Å². The quantitative estimate of drug-likeness (QED) is 0.594. The van der Waals surface area contributed by atoms with E-state index in [2.05, 4.69) is 19.9 Å². The molecular weight excluding hydrogens is 294 g/mol. The van der Waals surface area contributed by atoms with E-state index in [1.54, 1.807) is 0 Å². The van der Waals surface area contributed by atoms with Crippen LogP contribution in [0.4, 0.5) is 16.7 Å². The molecular formula is C16H13N5O2. The van der Waals surface area contributed by atoms with Crippen molar-refractivity contribution in [2.24, 2.45) is 0 Å². The third kappa shape index (κ3) is 2.18. The van der Waals surface area contributed by atoms with Crippen LogP contribution >= 0.6 is 0 Å². The molecule has 2 aromatic heterocycles. The highest BCUT2D eigenvalue weighted by molar-refractivity contribution is 5.95. The molecule has 0 radical (unpaired) electrons. The number of nitrogens with one attached hydrogen (secondary N) is 2. The van der Waals surface area contributed by atoms with Crippen LogP contribution in [0.25, 0.3) is 22.1 Å². The molecule has 0 saturated carbocycles. The zero-order valence-electron chi connectivity index (χ0n) is 12.3. The fourth-order valence-corrected chi connectivity index (χ4v) is 2.46. The third-order valence-electron chi connectivity index (χ3n) is 3.53. The molecule has 2 aromatic carbocycles. The van der Waals surface area contributed by atoms with Crippen molar-refractivity contribution in [1.29, 1.82) is 0 Å². The van der Waals surface area contributed by atoms with E-state index >= 15 is 0 Å². The third-order valence-corrected chi connectivity index (χ3v) is 3.53. The molecule has 0 aliphatic carbocycles. The molecule has 7 nitrogen and oxygen atoms in total. The lowest BCUT2D eigenvalue weighted by molar-refractivity contribution is 0.181. The number of amides is 1. The largest absolute Gasteiger partial charge is 0.452 e. The minimum absolute atomic E-state index is 0.345. The number of carbonyl (C=O) groups excluding carboxylic acids is 1. The number of carbonyl (C=O) groups is 1. The van der Waals surface area contributed by atoms with Crippen molar-refractivity contribution in [2.45, 2.75) is 0 Å². The van der Waals surface area contributed by atoms with Gasteiger partial charge in [0.25, 0.3) is 0 Å². The molecule has 7 heteroatoms. The lowest BCUT2D eigenvalue weighted by Gasteiger charge is -2.14. The topological polar surface area (TPSA) is 86.9 Å². The maximum absolute atomic E-state index is 12.3. The lowest BCUT2D eigenvalue weighted by atomic mass is 10.3. The summed E-state index contributed by atoms with van der Waals surface area (Å²) >= 11 is 0. The van der Waals surface area contributed by atoms with Crippen LogP contribution in [0.2, 0.25) is 0 Å². The van der Waals surface area contributed by atoms with E-state index < -0.39 is 6.09 Å². The number of fused-ring (bicyclic) bond motifs is 2. The Morgan fingerprint density at radius 1 is 0.913 bits per heavy atom. The van der Waals surface area contributed by atoms with Crippen molar-refractivity contribution < 1.29 is 9.53 Å². The maximum Gasteiger partial charge on any atom is 0.423 e. The van der Waals surface area contributed by atoms with Crippen molar-refractivity contribution in [3.8, 4) is 0 Å². The van der Waals surface area contributed by atoms with Crippen LogP contribution in [-0.2, 0) is 4.74 Å². The number of ether oxygens (including phenoxy) is 1. The van der Waals surface area contributed by atoms with Crippen LogP contribution in [0.15, 0.2) is 48.5 Å². The summed E-state index contributed by atoms with van der Waals surface area (Å²) in [7, 11) is 1.32. The number of rotatable bonds is 2. The van der Waals surface area contributed by atoms with Gasteiger partial charge in [-0.3, -0.25) is 0 Å². The first-order valence-electron chi connectivity index (χ1n) is 7.04. The maximum atomic E-state index is 12.3. The highest BCUT2D eigenvalue weighted by atomic mass is 16.5.